The summed E-state index contributed by atoms with van der Waals surface area (Å²) in [7, 11) is 1.30. The first-order valence-corrected chi connectivity index (χ1v) is 6.42. The topological polar surface area (TPSA) is 123 Å². The minimum Gasteiger partial charge on any atom is -0.382 e. The van der Waals surface area contributed by atoms with Gasteiger partial charge in [0.05, 0.1) is 30.9 Å². The predicted octanol–water partition coefficient (Wildman–Crippen LogP) is 1.49. The Morgan fingerprint density at radius 2 is 1.29 bits per heavy atom. The molecule has 0 amide bonds. The van der Waals surface area contributed by atoms with Crippen LogP contribution in [0.2, 0.25) is 0 Å². The Bertz CT molecular complexity index is 458. The number of nitriles is 4. The minimum atomic E-state index is -1.92. The second kappa shape index (κ2) is 8.90. The molecule has 0 aromatic heterocycles. The summed E-state index contributed by atoms with van der Waals surface area (Å²) in [4.78, 5) is 0. The molecule has 0 aliphatic rings. The van der Waals surface area contributed by atoms with Crippen LogP contribution in [-0.4, -0.2) is 33.2 Å². The Kier molecular flexibility index (Phi) is 7.99. The fraction of sp³-hybridized carbons (Fsp3) is 0.714. The van der Waals surface area contributed by atoms with Crippen molar-refractivity contribution < 1.29 is 14.2 Å². The molecule has 0 fully saturated rings. The number of ether oxygens (including phenoxy) is 3. The van der Waals surface area contributed by atoms with Crippen LogP contribution in [0.15, 0.2) is 0 Å². The molecule has 7 nitrogen and oxygen atoms in total. The predicted molar refractivity (Wildman–Crippen MR) is 70.9 cm³/mol. The van der Waals surface area contributed by atoms with E-state index in [9.17, 15) is 21.0 Å². The molecule has 0 rings (SSSR count). The van der Waals surface area contributed by atoms with E-state index in [1.807, 2.05) is 0 Å². The molecule has 0 atom stereocenters. The van der Waals surface area contributed by atoms with Crippen LogP contribution in [0, 0.1) is 56.2 Å². The Balaban J connectivity index is 5.73. The lowest BCUT2D eigenvalue weighted by molar-refractivity contribution is -0.153. The maximum atomic E-state index is 9.44. The van der Waals surface area contributed by atoms with Crippen molar-refractivity contribution in [2.45, 2.75) is 26.6 Å². The Morgan fingerprint density at radius 1 is 0.857 bits per heavy atom. The van der Waals surface area contributed by atoms with E-state index in [1.165, 1.54) is 7.11 Å². The fourth-order valence-electron chi connectivity index (χ4n) is 1.89. The highest BCUT2D eigenvalue weighted by Crippen LogP contribution is 2.42. The highest BCUT2D eigenvalue weighted by Gasteiger charge is 2.56. The van der Waals surface area contributed by atoms with Gasteiger partial charge >= 0.3 is 0 Å². The number of rotatable bonds is 9. The van der Waals surface area contributed by atoms with Gasteiger partial charge < -0.3 is 14.2 Å². The van der Waals surface area contributed by atoms with E-state index < -0.39 is 17.1 Å². The van der Waals surface area contributed by atoms with Gasteiger partial charge in [-0.15, -0.1) is 0 Å². The summed E-state index contributed by atoms with van der Waals surface area (Å²) in [6, 6.07) is 7.10. The average Bonchev–Trinajstić information content (AvgIpc) is 2.51. The van der Waals surface area contributed by atoms with Gasteiger partial charge in [-0.3, -0.25) is 0 Å². The monoisotopic (exact) mass is 290 g/mol. The molecule has 0 aromatic rings. The van der Waals surface area contributed by atoms with Crippen LogP contribution in [0.25, 0.3) is 0 Å². The molecule has 0 saturated carbocycles. The van der Waals surface area contributed by atoms with E-state index in [0.29, 0.717) is 13.2 Å². The molecule has 0 aliphatic carbocycles. The fourth-order valence-corrected chi connectivity index (χ4v) is 1.89. The third-order valence-electron chi connectivity index (χ3n) is 3.03. The third kappa shape index (κ3) is 3.91. The highest BCUT2D eigenvalue weighted by atomic mass is 16.7. The number of nitrogens with zero attached hydrogens (tertiary/aromatic N) is 4. The number of methoxy groups -OCH3 is 1. The summed E-state index contributed by atoms with van der Waals surface area (Å²) in [6.45, 7) is 3.75. The largest absolute Gasteiger partial charge is 0.382 e. The van der Waals surface area contributed by atoms with E-state index in [4.69, 9.17) is 14.2 Å². The summed E-state index contributed by atoms with van der Waals surface area (Å²) in [5.74, 6) is 0. The van der Waals surface area contributed by atoms with Gasteiger partial charge in [-0.05, 0) is 13.8 Å². The van der Waals surface area contributed by atoms with Crippen LogP contribution >= 0.6 is 0 Å². The minimum absolute atomic E-state index is 0.216. The Morgan fingerprint density at radius 3 is 1.57 bits per heavy atom. The van der Waals surface area contributed by atoms with E-state index >= 15 is 0 Å². The zero-order valence-corrected chi connectivity index (χ0v) is 12.4. The summed E-state index contributed by atoms with van der Waals surface area (Å²) in [6.07, 6.45) is -1.07. The van der Waals surface area contributed by atoms with Crippen molar-refractivity contribution in [2.75, 3.05) is 26.9 Å². The van der Waals surface area contributed by atoms with Gasteiger partial charge in [0.2, 0.25) is 0 Å². The van der Waals surface area contributed by atoms with Gasteiger partial charge in [0, 0.05) is 26.7 Å². The van der Waals surface area contributed by atoms with Gasteiger partial charge in [0.25, 0.3) is 0 Å². The standard InChI is InChI=1S/C14H18N4O3/c1-4-20-12(21-5-2)6-13(7-15,8-16)14(9-17,10-18)11-19-3/h12H,4-6,11H2,1-3H3. The zero-order valence-electron chi connectivity index (χ0n) is 12.4. The molecule has 112 valence electrons. The summed E-state index contributed by atoms with van der Waals surface area (Å²) < 4.78 is 15.5. The SMILES string of the molecule is CCOC(CC(C#N)(C#N)C(C#N)(C#N)COC)OCC. The zero-order chi connectivity index (χ0) is 16.4. The Hall–Kier alpha value is -2.16. The van der Waals surface area contributed by atoms with Crippen molar-refractivity contribution in [1.82, 2.24) is 0 Å². The Labute approximate surface area is 124 Å². The lowest BCUT2D eigenvalue weighted by Crippen LogP contribution is -2.44. The lowest BCUT2D eigenvalue weighted by Gasteiger charge is -2.32. The number of hydrogen-bond acceptors (Lipinski definition) is 7. The maximum absolute atomic E-state index is 9.44. The van der Waals surface area contributed by atoms with Gasteiger partial charge in [0.15, 0.2) is 17.1 Å². The van der Waals surface area contributed by atoms with Gasteiger partial charge in [-0.25, -0.2) is 0 Å². The van der Waals surface area contributed by atoms with Crippen molar-refractivity contribution in [2.24, 2.45) is 10.8 Å². The van der Waals surface area contributed by atoms with Crippen LogP contribution in [0.3, 0.4) is 0 Å². The molecule has 0 aromatic carbocycles. The van der Waals surface area contributed by atoms with E-state index in [1.54, 1.807) is 38.1 Å². The summed E-state index contributed by atoms with van der Waals surface area (Å²) in [5, 5.41) is 37.6. The molecule has 21 heavy (non-hydrogen) atoms. The van der Waals surface area contributed by atoms with Gasteiger partial charge in [0.1, 0.15) is 0 Å². The molecule has 0 unspecified atom stereocenters. The lowest BCUT2D eigenvalue weighted by atomic mass is 9.64. The van der Waals surface area contributed by atoms with Gasteiger partial charge in [-0.1, -0.05) is 0 Å². The molecule has 0 bridgehead atoms. The van der Waals surface area contributed by atoms with Crippen LogP contribution in [-0.2, 0) is 14.2 Å². The number of hydrogen-bond donors (Lipinski definition) is 0. The van der Waals surface area contributed by atoms with E-state index in [0.717, 1.165) is 0 Å². The molecule has 0 saturated heterocycles. The molecular formula is C14H18N4O3. The molecule has 0 radical (unpaired) electrons. The van der Waals surface area contributed by atoms with Crippen LogP contribution in [0.5, 0.6) is 0 Å². The second-order valence-corrected chi connectivity index (χ2v) is 4.24. The molecule has 7 heteroatoms. The molecular weight excluding hydrogens is 272 g/mol. The van der Waals surface area contributed by atoms with Crippen LogP contribution in [0.1, 0.15) is 20.3 Å². The molecule has 0 aliphatic heterocycles. The molecule has 0 N–H and O–H groups in total. The van der Waals surface area contributed by atoms with Crippen molar-refractivity contribution in [3.05, 3.63) is 0 Å². The normalized spacial score (nSPS) is 11.2. The highest BCUT2D eigenvalue weighted by molar-refractivity contribution is 5.34. The molecule has 0 spiro atoms. The molecule has 0 heterocycles. The average molecular weight is 290 g/mol. The van der Waals surface area contributed by atoms with Crippen molar-refractivity contribution in [3.63, 3.8) is 0 Å². The quantitative estimate of drug-likeness (QED) is 0.589. The van der Waals surface area contributed by atoms with E-state index in [2.05, 4.69) is 0 Å². The third-order valence-corrected chi connectivity index (χ3v) is 3.03. The first-order valence-electron chi connectivity index (χ1n) is 6.42. The van der Waals surface area contributed by atoms with Crippen molar-refractivity contribution in [3.8, 4) is 24.3 Å². The summed E-state index contributed by atoms with van der Waals surface area (Å²) in [5.41, 5.74) is -3.83. The van der Waals surface area contributed by atoms with Crippen LogP contribution < -0.4 is 0 Å². The van der Waals surface area contributed by atoms with Crippen LogP contribution in [0.4, 0.5) is 0 Å². The second-order valence-electron chi connectivity index (χ2n) is 4.24. The van der Waals surface area contributed by atoms with Crippen molar-refractivity contribution in [1.29, 1.82) is 21.0 Å². The van der Waals surface area contributed by atoms with Crippen molar-refractivity contribution >= 4 is 0 Å². The maximum Gasteiger partial charge on any atom is 0.198 e. The summed E-state index contributed by atoms with van der Waals surface area (Å²) >= 11 is 0. The first-order chi connectivity index (χ1) is 10.0. The first kappa shape index (κ1) is 18.8. The van der Waals surface area contributed by atoms with E-state index in [-0.39, 0.29) is 13.0 Å². The smallest absolute Gasteiger partial charge is 0.198 e. The van der Waals surface area contributed by atoms with Gasteiger partial charge in [-0.2, -0.15) is 21.0 Å².